The average Bonchev–Trinajstić information content (AvgIpc) is 3.06. The summed E-state index contributed by atoms with van der Waals surface area (Å²) in [4.78, 5) is 3.81. The molecule has 4 nitrogen and oxygen atoms in total. The van der Waals surface area contributed by atoms with E-state index in [2.05, 4.69) is 4.98 Å². The Hall–Kier alpha value is -1.83. The van der Waals surface area contributed by atoms with Crippen LogP contribution in [0.4, 0.5) is 13.2 Å². The number of unbranched alkanes of at least 4 members (excludes halogenated alkanes) is 3. The topological polar surface area (TPSA) is 36.3 Å². The highest BCUT2D eigenvalue weighted by atomic mass is 35.5. The van der Waals surface area contributed by atoms with Gasteiger partial charge in [0.15, 0.2) is 28.9 Å². The van der Waals surface area contributed by atoms with E-state index in [1.54, 1.807) is 4.57 Å². The van der Waals surface area contributed by atoms with Crippen LogP contribution in [0.1, 0.15) is 61.8 Å². The Morgan fingerprint density at radius 2 is 1.73 bits per heavy atom. The number of halogens is 4. The molecule has 3 heterocycles. The Kier molecular flexibility index (Phi) is 7.51. The van der Waals surface area contributed by atoms with Crippen molar-refractivity contribution in [2.24, 2.45) is 0 Å². The molecule has 0 bridgehead atoms. The normalized spacial score (nSPS) is 16.9. The molecule has 0 radical (unpaired) electrons. The number of nitrogens with zero attached hydrogens (tertiary/aromatic N) is 2. The van der Waals surface area contributed by atoms with Gasteiger partial charge < -0.3 is 14.0 Å². The van der Waals surface area contributed by atoms with Crippen LogP contribution in [0.15, 0.2) is 0 Å². The molecule has 33 heavy (non-hydrogen) atoms. The van der Waals surface area contributed by atoms with Gasteiger partial charge in [0, 0.05) is 36.2 Å². The highest BCUT2D eigenvalue weighted by Crippen LogP contribution is 2.39. The van der Waals surface area contributed by atoms with Gasteiger partial charge in [0.1, 0.15) is 5.52 Å². The van der Waals surface area contributed by atoms with Crippen LogP contribution in [0, 0.1) is 38.2 Å². The lowest BCUT2D eigenvalue weighted by molar-refractivity contribution is -0.162. The van der Waals surface area contributed by atoms with Crippen molar-refractivity contribution in [2.45, 2.75) is 78.6 Å². The standard InChI is InChI=1S/C25H30ClF3N2O2/c1-14-16(3)31(11-7-4-5-8-12-32-17-10-6-9-13-33-17)24-19(14)18-15(2)20(27)25(26)30-23(18)21(28)22(24)29/h17H,4-13H2,1-3H3. The number of fused-ring (bicyclic) bond motifs is 3. The molecule has 1 fully saturated rings. The van der Waals surface area contributed by atoms with Crippen LogP contribution in [0.5, 0.6) is 0 Å². The Labute approximate surface area is 197 Å². The van der Waals surface area contributed by atoms with Crippen LogP contribution in [0.3, 0.4) is 0 Å². The third kappa shape index (κ3) is 4.60. The van der Waals surface area contributed by atoms with Gasteiger partial charge >= 0.3 is 0 Å². The largest absolute Gasteiger partial charge is 0.353 e. The molecule has 0 aliphatic carbocycles. The maximum atomic E-state index is 15.2. The van der Waals surface area contributed by atoms with Crippen LogP contribution in [-0.4, -0.2) is 29.1 Å². The summed E-state index contributed by atoms with van der Waals surface area (Å²) in [5.74, 6) is -2.77. The lowest BCUT2D eigenvalue weighted by Crippen LogP contribution is -2.22. The van der Waals surface area contributed by atoms with E-state index in [9.17, 15) is 8.78 Å². The molecule has 1 aliphatic heterocycles. The van der Waals surface area contributed by atoms with Crippen molar-refractivity contribution in [3.8, 4) is 0 Å². The number of aromatic nitrogens is 2. The summed E-state index contributed by atoms with van der Waals surface area (Å²) in [5.41, 5.74) is 1.74. The molecule has 0 N–H and O–H groups in total. The van der Waals surface area contributed by atoms with E-state index in [0.29, 0.717) is 18.5 Å². The SMILES string of the molecule is Cc1c(F)c(Cl)nc2c(F)c(F)c3c(c(C)c(C)n3CCCCCCOC3CCCCO3)c12. The zero-order valence-corrected chi connectivity index (χ0v) is 20.1. The van der Waals surface area contributed by atoms with Gasteiger partial charge in [-0.2, -0.15) is 0 Å². The number of rotatable bonds is 8. The summed E-state index contributed by atoms with van der Waals surface area (Å²) >= 11 is 5.81. The first kappa shape index (κ1) is 24.3. The summed E-state index contributed by atoms with van der Waals surface area (Å²) in [6.07, 6.45) is 6.81. The van der Waals surface area contributed by atoms with Crippen LogP contribution in [-0.2, 0) is 16.0 Å². The van der Waals surface area contributed by atoms with Crippen molar-refractivity contribution < 1.29 is 22.6 Å². The third-order valence-electron chi connectivity index (χ3n) is 6.74. The highest BCUT2D eigenvalue weighted by molar-refractivity contribution is 6.30. The molecule has 1 unspecified atom stereocenters. The molecule has 3 aromatic rings. The van der Waals surface area contributed by atoms with E-state index in [4.69, 9.17) is 21.1 Å². The van der Waals surface area contributed by atoms with Crippen molar-refractivity contribution in [3.05, 3.63) is 39.4 Å². The lowest BCUT2D eigenvalue weighted by Gasteiger charge is -2.22. The van der Waals surface area contributed by atoms with E-state index in [-0.39, 0.29) is 28.3 Å². The van der Waals surface area contributed by atoms with E-state index in [1.165, 1.54) is 6.92 Å². The maximum Gasteiger partial charge on any atom is 0.187 e. The molecule has 0 amide bonds. The molecule has 1 aliphatic rings. The summed E-state index contributed by atoms with van der Waals surface area (Å²) in [7, 11) is 0. The van der Waals surface area contributed by atoms with Gasteiger partial charge in [-0.25, -0.2) is 18.2 Å². The summed E-state index contributed by atoms with van der Waals surface area (Å²) in [6, 6.07) is 0. The van der Waals surface area contributed by atoms with Crippen LogP contribution >= 0.6 is 11.6 Å². The second kappa shape index (κ2) is 10.2. The molecule has 2 aromatic heterocycles. The zero-order valence-electron chi connectivity index (χ0n) is 19.4. The second-order valence-corrected chi connectivity index (χ2v) is 9.22. The van der Waals surface area contributed by atoms with Crippen molar-refractivity contribution >= 4 is 33.4 Å². The van der Waals surface area contributed by atoms with Crippen molar-refractivity contribution in [1.29, 1.82) is 0 Å². The van der Waals surface area contributed by atoms with Gasteiger partial charge in [0.25, 0.3) is 0 Å². The molecule has 8 heteroatoms. The number of aryl methyl sites for hydroxylation is 3. The van der Waals surface area contributed by atoms with Crippen molar-refractivity contribution in [1.82, 2.24) is 9.55 Å². The Bertz CT molecular complexity index is 1170. The maximum absolute atomic E-state index is 15.2. The first-order valence-corrected chi connectivity index (χ1v) is 12.1. The fourth-order valence-corrected chi connectivity index (χ4v) is 5.00. The number of ether oxygens (including phenoxy) is 2. The Morgan fingerprint density at radius 3 is 2.45 bits per heavy atom. The van der Waals surface area contributed by atoms with Crippen LogP contribution in [0.25, 0.3) is 21.8 Å². The van der Waals surface area contributed by atoms with Gasteiger partial charge in [0.05, 0.1) is 5.52 Å². The zero-order chi connectivity index (χ0) is 23.7. The van der Waals surface area contributed by atoms with Crippen molar-refractivity contribution in [3.63, 3.8) is 0 Å². The fraction of sp³-hybridized carbons (Fsp3) is 0.560. The van der Waals surface area contributed by atoms with Gasteiger partial charge in [0.2, 0.25) is 0 Å². The van der Waals surface area contributed by atoms with Gasteiger partial charge in [-0.05, 0) is 64.0 Å². The Balaban J connectivity index is 1.50. The predicted molar refractivity (Wildman–Crippen MR) is 124 cm³/mol. The molecule has 4 rings (SSSR count). The number of hydrogen-bond donors (Lipinski definition) is 0. The van der Waals surface area contributed by atoms with E-state index < -0.39 is 22.6 Å². The lowest BCUT2D eigenvalue weighted by atomic mass is 10.0. The molecular weight excluding hydrogens is 453 g/mol. The minimum absolute atomic E-state index is 0.0685. The highest BCUT2D eigenvalue weighted by Gasteiger charge is 2.26. The van der Waals surface area contributed by atoms with E-state index in [1.807, 2.05) is 13.8 Å². The first-order valence-electron chi connectivity index (χ1n) is 11.7. The van der Waals surface area contributed by atoms with Crippen molar-refractivity contribution in [2.75, 3.05) is 13.2 Å². The molecule has 1 aromatic carbocycles. The quantitative estimate of drug-likeness (QED) is 0.250. The van der Waals surface area contributed by atoms with E-state index >= 15 is 4.39 Å². The first-order chi connectivity index (χ1) is 15.8. The monoisotopic (exact) mass is 482 g/mol. The van der Waals surface area contributed by atoms with E-state index in [0.717, 1.165) is 62.8 Å². The average molecular weight is 483 g/mol. The molecular formula is C25H30ClF3N2O2. The van der Waals surface area contributed by atoms with Crippen LogP contribution < -0.4 is 0 Å². The van der Waals surface area contributed by atoms with Crippen LogP contribution in [0.2, 0.25) is 5.15 Å². The summed E-state index contributed by atoms with van der Waals surface area (Å²) < 4.78 is 57.8. The Morgan fingerprint density at radius 1 is 0.970 bits per heavy atom. The molecule has 1 saturated heterocycles. The number of benzene rings is 1. The molecule has 0 saturated carbocycles. The number of hydrogen-bond acceptors (Lipinski definition) is 3. The fourth-order valence-electron chi connectivity index (χ4n) is 4.78. The molecule has 1 atom stereocenters. The van der Waals surface area contributed by atoms with Gasteiger partial charge in [-0.1, -0.05) is 24.4 Å². The van der Waals surface area contributed by atoms with Gasteiger partial charge in [-0.15, -0.1) is 0 Å². The minimum Gasteiger partial charge on any atom is -0.353 e. The molecule has 0 spiro atoms. The predicted octanol–water partition coefficient (Wildman–Crippen LogP) is 7.29. The minimum atomic E-state index is -1.09. The van der Waals surface area contributed by atoms with Gasteiger partial charge in [-0.3, -0.25) is 0 Å². The molecule has 180 valence electrons. The smallest absolute Gasteiger partial charge is 0.187 e. The summed E-state index contributed by atoms with van der Waals surface area (Å²) in [5, 5.41) is 0.334. The third-order valence-corrected chi connectivity index (χ3v) is 6.99. The number of pyridine rings is 1. The second-order valence-electron chi connectivity index (χ2n) is 8.86. The summed E-state index contributed by atoms with van der Waals surface area (Å²) in [6.45, 7) is 7.24.